The number of ether oxygens (including phenoxy) is 2. The largest absolute Gasteiger partial charge is 0.462 e. The molecule has 0 spiro atoms. The molecule has 0 heterocycles. The Hall–Kier alpha value is -2.62. The molecule has 4 nitrogen and oxygen atoms in total. The van der Waals surface area contributed by atoms with E-state index in [1.54, 1.807) is 0 Å². The number of benzene rings is 2. The maximum atomic E-state index is 12.2. The van der Waals surface area contributed by atoms with Gasteiger partial charge in [-0.3, -0.25) is 0 Å². The van der Waals surface area contributed by atoms with Crippen LogP contribution in [0, 0.1) is 0 Å². The van der Waals surface area contributed by atoms with E-state index in [4.69, 9.17) is 9.47 Å². The number of hydrogen-bond acceptors (Lipinski definition) is 4. The number of hydrogen-bond donors (Lipinski definition) is 0. The van der Waals surface area contributed by atoms with Crippen LogP contribution in [0.15, 0.2) is 36.4 Å². The molecule has 2 aromatic carbocycles. The molecule has 0 bridgehead atoms. The summed E-state index contributed by atoms with van der Waals surface area (Å²) in [7, 11) is 0. The van der Waals surface area contributed by atoms with Crippen LogP contribution in [0.2, 0.25) is 0 Å². The molecule has 0 radical (unpaired) electrons. The van der Waals surface area contributed by atoms with Gasteiger partial charge in [0.25, 0.3) is 0 Å². The molecule has 0 saturated carbocycles. The Labute approximate surface area is 160 Å². The van der Waals surface area contributed by atoms with E-state index >= 15 is 0 Å². The number of carbonyl (C=O) groups is 2. The molecule has 2 aromatic rings. The van der Waals surface area contributed by atoms with Gasteiger partial charge in [-0.25, -0.2) is 9.59 Å². The second kappa shape index (κ2) is 8.85. The van der Waals surface area contributed by atoms with E-state index in [0.29, 0.717) is 30.8 Å². The fourth-order valence-corrected chi connectivity index (χ4v) is 3.25. The van der Waals surface area contributed by atoms with Gasteiger partial charge in [0.15, 0.2) is 0 Å². The van der Waals surface area contributed by atoms with Crippen LogP contribution >= 0.6 is 0 Å². The van der Waals surface area contributed by atoms with Crippen molar-refractivity contribution in [2.45, 2.75) is 46.0 Å². The molecule has 0 N–H and O–H groups in total. The Morgan fingerprint density at radius 2 is 1.22 bits per heavy atom. The van der Waals surface area contributed by atoms with Gasteiger partial charge in [0.1, 0.15) is 0 Å². The highest BCUT2D eigenvalue weighted by Crippen LogP contribution is 2.37. The van der Waals surface area contributed by atoms with Crippen molar-refractivity contribution in [2.24, 2.45) is 0 Å². The lowest BCUT2D eigenvalue weighted by atomic mass is 10.0. The number of rotatable bonds is 8. The number of fused-ring (bicyclic) bond motifs is 3. The lowest BCUT2D eigenvalue weighted by molar-refractivity contribution is 0.0490. The van der Waals surface area contributed by atoms with Crippen molar-refractivity contribution in [3.63, 3.8) is 0 Å². The van der Waals surface area contributed by atoms with Gasteiger partial charge in [0.05, 0.1) is 24.3 Å². The average molecular weight is 366 g/mol. The van der Waals surface area contributed by atoms with Gasteiger partial charge in [-0.1, -0.05) is 38.8 Å². The molecule has 0 unspecified atom stereocenters. The number of unbranched alkanes of at least 4 members (excludes halogenated alkanes) is 2. The van der Waals surface area contributed by atoms with Crippen molar-refractivity contribution in [3.05, 3.63) is 58.7 Å². The van der Waals surface area contributed by atoms with Crippen molar-refractivity contribution in [1.82, 2.24) is 0 Å². The minimum Gasteiger partial charge on any atom is -0.462 e. The van der Waals surface area contributed by atoms with Gasteiger partial charge < -0.3 is 9.47 Å². The van der Waals surface area contributed by atoms with Crippen LogP contribution in [0.25, 0.3) is 11.1 Å². The quantitative estimate of drug-likeness (QED) is 0.407. The summed E-state index contributed by atoms with van der Waals surface area (Å²) in [6.07, 6.45) is 4.45. The summed E-state index contributed by atoms with van der Waals surface area (Å²) in [5.41, 5.74) is 5.56. The van der Waals surface area contributed by atoms with E-state index in [9.17, 15) is 9.59 Å². The molecule has 4 heteroatoms. The Bertz CT molecular complexity index is 769. The predicted octanol–water partition coefficient (Wildman–Crippen LogP) is 5.17. The normalized spacial score (nSPS) is 11.6. The van der Waals surface area contributed by atoms with E-state index < -0.39 is 0 Å². The summed E-state index contributed by atoms with van der Waals surface area (Å²) >= 11 is 0. The van der Waals surface area contributed by atoms with E-state index in [0.717, 1.165) is 47.9 Å². The van der Waals surface area contributed by atoms with Crippen LogP contribution in [-0.2, 0) is 15.9 Å². The van der Waals surface area contributed by atoms with Gasteiger partial charge in [0.2, 0.25) is 0 Å². The highest BCUT2D eigenvalue weighted by Gasteiger charge is 2.22. The maximum Gasteiger partial charge on any atom is 0.338 e. The van der Waals surface area contributed by atoms with Crippen LogP contribution in [-0.4, -0.2) is 25.2 Å². The predicted molar refractivity (Wildman–Crippen MR) is 105 cm³/mol. The summed E-state index contributed by atoms with van der Waals surface area (Å²) < 4.78 is 10.6. The molecule has 27 heavy (non-hydrogen) atoms. The minimum atomic E-state index is -0.276. The van der Waals surface area contributed by atoms with Crippen molar-refractivity contribution < 1.29 is 19.1 Å². The second-order valence-corrected chi connectivity index (χ2v) is 6.90. The molecule has 1 aliphatic rings. The third kappa shape index (κ3) is 4.38. The van der Waals surface area contributed by atoms with Gasteiger partial charge in [0, 0.05) is 0 Å². The minimum absolute atomic E-state index is 0.276. The summed E-state index contributed by atoms with van der Waals surface area (Å²) in [4.78, 5) is 24.4. The molecule has 0 amide bonds. The topological polar surface area (TPSA) is 52.6 Å². The molecule has 1 aliphatic carbocycles. The van der Waals surface area contributed by atoms with E-state index in [1.807, 2.05) is 36.4 Å². The Morgan fingerprint density at radius 3 is 1.63 bits per heavy atom. The first-order valence-corrected chi connectivity index (χ1v) is 9.74. The van der Waals surface area contributed by atoms with E-state index in [1.165, 1.54) is 0 Å². The molecule has 0 aromatic heterocycles. The van der Waals surface area contributed by atoms with Crippen LogP contribution in [0.3, 0.4) is 0 Å². The molecule has 142 valence electrons. The fraction of sp³-hybridized carbons (Fsp3) is 0.391. The van der Waals surface area contributed by atoms with Crippen molar-refractivity contribution >= 4 is 11.9 Å². The Morgan fingerprint density at radius 1 is 0.778 bits per heavy atom. The first kappa shape index (κ1) is 19.2. The standard InChI is InChI=1S/C23H26O4/c1-3-5-11-26-22(24)16-7-9-20-18(13-16)15-19-14-17(8-10-21(19)20)23(25)27-12-6-4-2/h7-10,13-14H,3-6,11-12,15H2,1-2H3. The lowest BCUT2D eigenvalue weighted by Crippen LogP contribution is -2.06. The second-order valence-electron chi connectivity index (χ2n) is 6.90. The lowest BCUT2D eigenvalue weighted by Gasteiger charge is -2.07. The van der Waals surface area contributed by atoms with E-state index in [-0.39, 0.29) is 11.9 Å². The number of carbonyl (C=O) groups excluding carboxylic acids is 2. The first-order valence-electron chi connectivity index (χ1n) is 9.74. The highest BCUT2D eigenvalue weighted by atomic mass is 16.5. The summed E-state index contributed by atoms with van der Waals surface area (Å²) in [6.45, 7) is 5.04. The van der Waals surface area contributed by atoms with Crippen LogP contribution in [0.5, 0.6) is 0 Å². The molecule has 0 aliphatic heterocycles. The van der Waals surface area contributed by atoms with Crippen molar-refractivity contribution in [2.75, 3.05) is 13.2 Å². The van der Waals surface area contributed by atoms with Gasteiger partial charge >= 0.3 is 11.9 Å². The zero-order chi connectivity index (χ0) is 19.2. The average Bonchev–Trinajstić information content (AvgIpc) is 3.05. The van der Waals surface area contributed by atoms with Gasteiger partial charge in [-0.05, 0) is 65.8 Å². The zero-order valence-electron chi connectivity index (χ0n) is 16.0. The van der Waals surface area contributed by atoms with Crippen molar-refractivity contribution in [1.29, 1.82) is 0 Å². The van der Waals surface area contributed by atoms with Crippen molar-refractivity contribution in [3.8, 4) is 11.1 Å². The summed E-state index contributed by atoms with van der Waals surface area (Å²) in [6, 6.07) is 11.4. The summed E-state index contributed by atoms with van der Waals surface area (Å²) in [5, 5.41) is 0. The highest BCUT2D eigenvalue weighted by molar-refractivity contribution is 5.93. The Kier molecular flexibility index (Phi) is 6.28. The maximum absolute atomic E-state index is 12.2. The van der Waals surface area contributed by atoms with Crippen LogP contribution in [0.4, 0.5) is 0 Å². The van der Waals surface area contributed by atoms with E-state index in [2.05, 4.69) is 13.8 Å². The zero-order valence-corrected chi connectivity index (χ0v) is 16.0. The molecule has 0 saturated heterocycles. The van der Waals surface area contributed by atoms with Gasteiger partial charge in [-0.15, -0.1) is 0 Å². The molecule has 0 atom stereocenters. The monoisotopic (exact) mass is 366 g/mol. The molecule has 3 rings (SSSR count). The third-order valence-electron chi connectivity index (χ3n) is 4.82. The SMILES string of the molecule is CCCCOC(=O)c1ccc2c(c1)Cc1cc(C(=O)OCCCC)ccc1-2. The fourth-order valence-electron chi connectivity index (χ4n) is 3.25. The van der Waals surface area contributed by atoms with Crippen LogP contribution < -0.4 is 0 Å². The Balaban J connectivity index is 1.73. The third-order valence-corrected chi connectivity index (χ3v) is 4.82. The van der Waals surface area contributed by atoms with Crippen LogP contribution in [0.1, 0.15) is 71.4 Å². The molecule has 0 fully saturated rings. The van der Waals surface area contributed by atoms with Gasteiger partial charge in [-0.2, -0.15) is 0 Å². The number of esters is 2. The molecular formula is C23H26O4. The smallest absolute Gasteiger partial charge is 0.338 e. The summed E-state index contributed by atoms with van der Waals surface area (Å²) in [5.74, 6) is -0.551. The first-order chi connectivity index (χ1) is 13.1. The molecular weight excluding hydrogens is 340 g/mol.